The van der Waals surface area contributed by atoms with Crippen molar-refractivity contribution in [1.82, 2.24) is 14.8 Å². The summed E-state index contributed by atoms with van der Waals surface area (Å²) in [5.74, 6) is -3.59. The summed E-state index contributed by atoms with van der Waals surface area (Å²) in [5.41, 5.74) is 3.06. The predicted octanol–water partition coefficient (Wildman–Crippen LogP) is 2.23. The summed E-state index contributed by atoms with van der Waals surface area (Å²) in [5, 5.41) is 9.14. The van der Waals surface area contributed by atoms with Crippen molar-refractivity contribution in [3.63, 3.8) is 0 Å². The summed E-state index contributed by atoms with van der Waals surface area (Å²) >= 11 is 0. The largest absolute Gasteiger partial charge is 0.381 e. The summed E-state index contributed by atoms with van der Waals surface area (Å²) in [4.78, 5) is 16.7. The second-order valence-corrected chi connectivity index (χ2v) is 10.6. The van der Waals surface area contributed by atoms with Crippen LogP contribution in [-0.2, 0) is 26.0 Å². The van der Waals surface area contributed by atoms with Crippen LogP contribution < -0.4 is 5.48 Å². The average molecular weight is 462 g/mol. The molecule has 0 saturated carbocycles. The number of aromatic nitrogens is 1. The Labute approximate surface area is 181 Å². The first-order valence-corrected chi connectivity index (χ1v) is 11.9. The zero-order valence-corrected chi connectivity index (χ0v) is 18.3. The van der Waals surface area contributed by atoms with E-state index < -0.39 is 26.6 Å². The third kappa shape index (κ3) is 5.21. The van der Waals surface area contributed by atoms with E-state index in [1.807, 2.05) is 6.07 Å². The number of hydroxylamine groups is 1. The number of carbonyl (C=O) groups is 1. The number of hydrogen-bond donors (Lipinski definition) is 2. The van der Waals surface area contributed by atoms with Gasteiger partial charge in [0, 0.05) is 63.4 Å². The van der Waals surface area contributed by atoms with Gasteiger partial charge in [-0.1, -0.05) is 6.07 Å². The lowest BCUT2D eigenvalue weighted by molar-refractivity contribution is -0.134. The molecule has 2 aliphatic rings. The number of hydrogen-bond acceptors (Lipinski definition) is 6. The van der Waals surface area contributed by atoms with E-state index in [1.165, 1.54) is 9.79 Å². The van der Waals surface area contributed by atoms with Crippen LogP contribution in [0.25, 0.3) is 0 Å². The van der Waals surface area contributed by atoms with Crippen LogP contribution in [0.1, 0.15) is 56.2 Å². The average Bonchev–Trinajstić information content (AvgIpc) is 2.77. The Morgan fingerprint density at radius 2 is 1.97 bits per heavy atom. The first-order valence-electron chi connectivity index (χ1n) is 10.4. The van der Waals surface area contributed by atoms with Crippen molar-refractivity contribution in [1.29, 1.82) is 0 Å². The number of halogens is 2. The van der Waals surface area contributed by atoms with Gasteiger partial charge in [0.25, 0.3) is 5.91 Å². The van der Waals surface area contributed by atoms with Gasteiger partial charge in [-0.3, -0.25) is 15.0 Å². The van der Waals surface area contributed by atoms with Crippen molar-refractivity contribution in [2.45, 2.75) is 62.0 Å². The molecule has 0 aliphatic carbocycles. The molecule has 2 fully saturated rings. The molecule has 2 aliphatic heterocycles. The Morgan fingerprint density at radius 3 is 2.48 bits per heavy atom. The molecule has 0 atom stereocenters. The molecule has 1 aromatic heterocycles. The zero-order chi connectivity index (χ0) is 22.7. The number of pyridine rings is 1. The molecule has 0 radical (unpaired) electrons. The highest BCUT2D eigenvalue weighted by Gasteiger charge is 2.54. The van der Waals surface area contributed by atoms with Crippen molar-refractivity contribution < 1.29 is 31.9 Å². The molecule has 3 heterocycles. The Hall–Kier alpha value is -1.69. The number of alkyl halides is 2. The van der Waals surface area contributed by atoms with Gasteiger partial charge in [0.15, 0.2) is 4.75 Å². The van der Waals surface area contributed by atoms with E-state index in [1.54, 1.807) is 12.3 Å². The van der Waals surface area contributed by atoms with Gasteiger partial charge in [-0.05, 0) is 37.8 Å². The molecule has 0 spiro atoms. The molecule has 2 saturated heterocycles. The molecule has 8 nitrogen and oxygen atoms in total. The highest BCUT2D eigenvalue weighted by molar-refractivity contribution is 7.91. The Balaban J connectivity index is 1.65. The topological polar surface area (TPSA) is 109 Å². The lowest BCUT2D eigenvalue weighted by atomic mass is 9.93. The molecule has 1 amide bonds. The summed E-state index contributed by atoms with van der Waals surface area (Å²) in [6.07, 6.45) is 2.65. The van der Waals surface area contributed by atoms with E-state index in [-0.39, 0.29) is 57.9 Å². The second kappa shape index (κ2) is 9.43. The van der Waals surface area contributed by atoms with Gasteiger partial charge >= 0.3 is 0 Å². The van der Waals surface area contributed by atoms with Crippen LogP contribution in [0.4, 0.5) is 8.78 Å². The lowest BCUT2D eigenvalue weighted by Gasteiger charge is -2.40. The number of carbonyl (C=O) groups excluding carboxylic acids is 1. The van der Waals surface area contributed by atoms with E-state index in [0.29, 0.717) is 12.8 Å². The van der Waals surface area contributed by atoms with Gasteiger partial charge < -0.3 is 4.74 Å². The van der Waals surface area contributed by atoms with Crippen molar-refractivity contribution in [2.24, 2.45) is 0 Å². The van der Waals surface area contributed by atoms with Crippen LogP contribution in [0.3, 0.4) is 0 Å². The van der Waals surface area contributed by atoms with E-state index in [0.717, 1.165) is 18.2 Å². The van der Waals surface area contributed by atoms with Gasteiger partial charge in [0.05, 0.1) is 0 Å². The number of nitrogens with one attached hydrogen (secondary N) is 1. The highest BCUT2D eigenvalue weighted by atomic mass is 32.2. The number of piperidine rings is 1. The Morgan fingerprint density at radius 1 is 1.32 bits per heavy atom. The van der Waals surface area contributed by atoms with Crippen LogP contribution >= 0.6 is 0 Å². The number of amides is 1. The maximum Gasteiger partial charge on any atom is 0.266 e. The zero-order valence-electron chi connectivity index (χ0n) is 17.5. The van der Waals surface area contributed by atoms with Crippen LogP contribution in [-0.4, -0.2) is 65.8 Å². The molecule has 11 heteroatoms. The van der Waals surface area contributed by atoms with Gasteiger partial charge in [0.2, 0.25) is 15.9 Å². The molecule has 1 aromatic rings. The van der Waals surface area contributed by atoms with Crippen LogP contribution in [0.15, 0.2) is 18.3 Å². The fourth-order valence-corrected chi connectivity index (χ4v) is 6.38. The SMILES string of the molecule is CC(F)(F)CCc1ccc(C2CCN(S(=O)(=O)C3(C(=O)NO)CCOCC3)CC2)nc1. The van der Waals surface area contributed by atoms with Gasteiger partial charge in [0.1, 0.15) is 0 Å². The fourth-order valence-electron chi connectivity index (χ4n) is 4.23. The van der Waals surface area contributed by atoms with E-state index in [4.69, 9.17) is 9.94 Å². The van der Waals surface area contributed by atoms with E-state index >= 15 is 0 Å². The molecule has 0 unspecified atom stereocenters. The number of nitrogens with zero attached hydrogens (tertiary/aromatic N) is 2. The fraction of sp³-hybridized carbons (Fsp3) is 0.700. The summed E-state index contributed by atoms with van der Waals surface area (Å²) in [6.45, 7) is 1.62. The van der Waals surface area contributed by atoms with Crippen molar-refractivity contribution in [3.8, 4) is 0 Å². The van der Waals surface area contributed by atoms with E-state index in [9.17, 15) is 22.0 Å². The minimum atomic E-state index is -4.00. The highest BCUT2D eigenvalue weighted by Crippen LogP contribution is 2.36. The number of ether oxygens (including phenoxy) is 1. The third-order valence-electron chi connectivity index (χ3n) is 6.22. The molecule has 0 bridgehead atoms. The molecule has 174 valence electrons. The van der Waals surface area contributed by atoms with E-state index in [2.05, 4.69) is 4.98 Å². The molecule has 3 rings (SSSR count). The van der Waals surface area contributed by atoms with Crippen molar-refractivity contribution in [2.75, 3.05) is 26.3 Å². The van der Waals surface area contributed by atoms with Crippen LogP contribution in [0.5, 0.6) is 0 Å². The number of rotatable bonds is 7. The summed E-state index contributed by atoms with van der Waals surface area (Å²) < 4.78 is 57.5. The monoisotopic (exact) mass is 461 g/mol. The predicted molar refractivity (Wildman–Crippen MR) is 108 cm³/mol. The van der Waals surface area contributed by atoms with Crippen LogP contribution in [0, 0.1) is 0 Å². The van der Waals surface area contributed by atoms with Gasteiger partial charge in [-0.2, -0.15) is 0 Å². The standard InChI is InChI=1S/C20H29F2N3O5S/c1-19(21,22)7-4-15-2-3-17(23-14-15)16-5-10-25(11-6-16)31(28,29)20(18(26)24-27)8-12-30-13-9-20/h2-3,14,16,27H,4-13H2,1H3,(H,24,26). The Kier molecular flexibility index (Phi) is 7.29. The Bertz CT molecular complexity index is 860. The molecule has 0 aromatic carbocycles. The van der Waals surface area contributed by atoms with Crippen molar-refractivity contribution in [3.05, 3.63) is 29.6 Å². The first-order chi connectivity index (χ1) is 14.6. The molecule has 31 heavy (non-hydrogen) atoms. The smallest absolute Gasteiger partial charge is 0.266 e. The molecular weight excluding hydrogens is 432 g/mol. The quantitative estimate of drug-likeness (QED) is 0.476. The normalized spacial score (nSPS) is 21.0. The summed E-state index contributed by atoms with van der Waals surface area (Å²) in [6, 6.07) is 3.61. The minimum absolute atomic E-state index is 0.0124. The number of aryl methyl sites for hydroxylation is 1. The first kappa shape index (κ1) is 24.0. The lowest BCUT2D eigenvalue weighted by Crippen LogP contribution is -2.60. The van der Waals surface area contributed by atoms with Crippen molar-refractivity contribution >= 4 is 15.9 Å². The summed E-state index contributed by atoms with van der Waals surface area (Å²) in [7, 11) is -4.00. The number of sulfonamides is 1. The van der Waals surface area contributed by atoms with Crippen LogP contribution in [0.2, 0.25) is 0 Å². The third-order valence-corrected chi connectivity index (χ3v) is 8.85. The molecular formula is C20H29F2N3O5S. The maximum atomic E-state index is 13.3. The molecule has 2 N–H and O–H groups in total. The second-order valence-electron chi connectivity index (χ2n) is 8.39. The van der Waals surface area contributed by atoms with Gasteiger partial charge in [-0.25, -0.2) is 27.0 Å². The van der Waals surface area contributed by atoms with Gasteiger partial charge in [-0.15, -0.1) is 0 Å². The minimum Gasteiger partial charge on any atom is -0.381 e. The maximum absolute atomic E-state index is 13.3.